The van der Waals surface area contributed by atoms with Crippen LogP contribution in [0.3, 0.4) is 0 Å². The summed E-state index contributed by atoms with van der Waals surface area (Å²) >= 11 is 0. The van der Waals surface area contributed by atoms with Crippen LogP contribution in [0.4, 0.5) is 0 Å². The number of carbonyl (C=O) groups is 1. The van der Waals surface area contributed by atoms with Crippen LogP contribution in [0.25, 0.3) is 0 Å². The number of hydrogen-bond acceptors (Lipinski definition) is 3. The van der Waals surface area contributed by atoms with E-state index in [1.807, 2.05) is 0 Å². The predicted octanol–water partition coefficient (Wildman–Crippen LogP) is 0.949. The fourth-order valence-corrected chi connectivity index (χ4v) is 1.68. The highest BCUT2D eigenvalue weighted by Gasteiger charge is 2.21. The molecule has 16 heavy (non-hydrogen) atoms. The van der Waals surface area contributed by atoms with E-state index in [0.717, 1.165) is 25.9 Å². The van der Waals surface area contributed by atoms with E-state index < -0.39 is 0 Å². The maximum Gasteiger partial charge on any atom is 0.239 e. The molecule has 0 aliphatic carbocycles. The zero-order chi connectivity index (χ0) is 11.1. The molecule has 4 nitrogen and oxygen atoms in total. The van der Waals surface area contributed by atoms with Gasteiger partial charge in [-0.15, -0.1) is 12.4 Å². The molecule has 1 aliphatic rings. The van der Waals surface area contributed by atoms with Gasteiger partial charge in [-0.25, -0.2) is 0 Å². The summed E-state index contributed by atoms with van der Waals surface area (Å²) in [5, 5.41) is 6.11. The summed E-state index contributed by atoms with van der Waals surface area (Å²) < 4.78 is 5.24. The smallest absolute Gasteiger partial charge is 0.239 e. The third-order valence-corrected chi connectivity index (χ3v) is 2.96. The topological polar surface area (TPSA) is 50.4 Å². The molecule has 2 N–H and O–H groups in total. The van der Waals surface area contributed by atoms with Crippen molar-refractivity contribution in [1.82, 2.24) is 10.6 Å². The monoisotopic (exact) mass is 250 g/mol. The van der Waals surface area contributed by atoms with Crippen LogP contribution in [0.2, 0.25) is 0 Å². The number of hydrogen-bond donors (Lipinski definition) is 2. The largest absolute Gasteiger partial charge is 0.378 e. The molecule has 0 bridgehead atoms. The van der Waals surface area contributed by atoms with Crippen molar-refractivity contribution in [3.8, 4) is 0 Å². The summed E-state index contributed by atoms with van der Waals surface area (Å²) in [6.45, 7) is 7.06. The highest BCUT2D eigenvalue weighted by molar-refractivity contribution is 5.85. The molecule has 0 aromatic carbocycles. The predicted molar refractivity (Wildman–Crippen MR) is 66.9 cm³/mol. The lowest BCUT2D eigenvalue weighted by Crippen LogP contribution is -2.51. The Bertz CT molecular complexity index is 192. The van der Waals surface area contributed by atoms with Crippen LogP contribution in [0.15, 0.2) is 0 Å². The van der Waals surface area contributed by atoms with Gasteiger partial charge in [0, 0.05) is 13.1 Å². The summed E-state index contributed by atoms with van der Waals surface area (Å²) in [5.74, 6) is 0.667. The second kappa shape index (κ2) is 8.79. The molecule has 1 fully saturated rings. The van der Waals surface area contributed by atoms with Crippen molar-refractivity contribution in [2.45, 2.75) is 32.7 Å². The second-order valence-electron chi connectivity index (χ2n) is 4.01. The second-order valence-corrected chi connectivity index (χ2v) is 4.01. The Hall–Kier alpha value is -0.320. The van der Waals surface area contributed by atoms with Gasteiger partial charge in [0.15, 0.2) is 0 Å². The van der Waals surface area contributed by atoms with Crippen molar-refractivity contribution in [2.24, 2.45) is 5.92 Å². The SMILES string of the molecule is CCC(CC)CNC(=O)C1COCCN1.Cl. The van der Waals surface area contributed by atoms with Crippen molar-refractivity contribution in [3.05, 3.63) is 0 Å². The highest BCUT2D eigenvalue weighted by Crippen LogP contribution is 2.05. The fourth-order valence-electron chi connectivity index (χ4n) is 1.68. The first-order valence-corrected chi connectivity index (χ1v) is 5.86. The lowest BCUT2D eigenvalue weighted by atomic mass is 10.0. The number of nitrogens with one attached hydrogen (secondary N) is 2. The maximum atomic E-state index is 11.7. The van der Waals surface area contributed by atoms with Crippen molar-refractivity contribution in [3.63, 3.8) is 0 Å². The van der Waals surface area contributed by atoms with Gasteiger partial charge in [0.1, 0.15) is 6.04 Å². The zero-order valence-electron chi connectivity index (χ0n) is 10.1. The van der Waals surface area contributed by atoms with Crippen LogP contribution in [0.5, 0.6) is 0 Å². The number of ether oxygens (including phenoxy) is 1. The molecule has 1 atom stereocenters. The average Bonchev–Trinajstić information content (AvgIpc) is 2.31. The Morgan fingerprint density at radius 1 is 1.50 bits per heavy atom. The van der Waals surface area contributed by atoms with Crippen LogP contribution in [0, 0.1) is 5.92 Å². The molecule has 1 saturated heterocycles. The van der Waals surface area contributed by atoms with Crippen LogP contribution < -0.4 is 10.6 Å². The molecule has 0 saturated carbocycles. The quantitative estimate of drug-likeness (QED) is 0.764. The Balaban J connectivity index is 0.00000225. The van der Waals surface area contributed by atoms with Crippen LogP contribution in [-0.2, 0) is 9.53 Å². The van der Waals surface area contributed by atoms with Gasteiger partial charge >= 0.3 is 0 Å². The van der Waals surface area contributed by atoms with Gasteiger partial charge < -0.3 is 15.4 Å². The van der Waals surface area contributed by atoms with Crippen molar-refractivity contribution >= 4 is 18.3 Å². The van der Waals surface area contributed by atoms with Crippen molar-refractivity contribution in [2.75, 3.05) is 26.3 Å². The third-order valence-electron chi connectivity index (χ3n) is 2.96. The van der Waals surface area contributed by atoms with E-state index in [1.54, 1.807) is 0 Å². The van der Waals surface area contributed by atoms with Crippen LogP contribution >= 0.6 is 12.4 Å². The molecule has 0 spiro atoms. The summed E-state index contributed by atoms with van der Waals surface area (Å²) in [6.07, 6.45) is 2.23. The molecular formula is C11H23ClN2O2. The zero-order valence-corrected chi connectivity index (χ0v) is 10.9. The molecule has 0 aromatic rings. The van der Waals surface area contributed by atoms with Crippen LogP contribution in [-0.4, -0.2) is 38.3 Å². The Labute approximate surface area is 104 Å². The molecule has 96 valence electrons. The Morgan fingerprint density at radius 3 is 2.69 bits per heavy atom. The van der Waals surface area contributed by atoms with Crippen molar-refractivity contribution < 1.29 is 9.53 Å². The van der Waals surface area contributed by atoms with Gasteiger partial charge in [0.05, 0.1) is 13.2 Å². The Morgan fingerprint density at radius 2 is 2.19 bits per heavy atom. The van der Waals surface area contributed by atoms with E-state index in [1.165, 1.54) is 0 Å². The maximum absolute atomic E-state index is 11.7. The van der Waals surface area contributed by atoms with Gasteiger partial charge in [-0.3, -0.25) is 4.79 Å². The molecule has 1 rings (SSSR count). The molecule has 0 radical (unpaired) electrons. The molecule has 1 unspecified atom stereocenters. The minimum atomic E-state index is -0.159. The first-order valence-electron chi connectivity index (χ1n) is 5.86. The molecule has 5 heteroatoms. The average molecular weight is 251 g/mol. The molecule has 1 amide bonds. The highest BCUT2D eigenvalue weighted by atomic mass is 35.5. The van der Waals surface area contributed by atoms with E-state index in [2.05, 4.69) is 24.5 Å². The van der Waals surface area contributed by atoms with Crippen molar-refractivity contribution in [1.29, 1.82) is 0 Å². The van der Waals surface area contributed by atoms with E-state index in [-0.39, 0.29) is 24.4 Å². The van der Waals surface area contributed by atoms with Gasteiger partial charge in [-0.1, -0.05) is 26.7 Å². The van der Waals surface area contributed by atoms with Gasteiger partial charge in [0.2, 0.25) is 5.91 Å². The van der Waals surface area contributed by atoms with Gasteiger partial charge in [-0.05, 0) is 5.92 Å². The number of carbonyl (C=O) groups excluding carboxylic acids is 1. The molecular weight excluding hydrogens is 228 g/mol. The van der Waals surface area contributed by atoms with Crippen LogP contribution in [0.1, 0.15) is 26.7 Å². The minimum absolute atomic E-state index is 0. The third kappa shape index (κ3) is 5.14. The number of rotatable bonds is 5. The summed E-state index contributed by atoms with van der Waals surface area (Å²) in [5.41, 5.74) is 0. The Kier molecular flexibility index (Phi) is 8.61. The van der Waals surface area contributed by atoms with Gasteiger partial charge in [-0.2, -0.15) is 0 Å². The fraction of sp³-hybridized carbons (Fsp3) is 0.909. The minimum Gasteiger partial charge on any atom is -0.378 e. The van der Waals surface area contributed by atoms with E-state index in [9.17, 15) is 4.79 Å². The first kappa shape index (κ1) is 15.7. The summed E-state index contributed by atoms with van der Waals surface area (Å²) in [4.78, 5) is 11.7. The molecule has 1 aliphatic heterocycles. The number of amides is 1. The number of halogens is 1. The summed E-state index contributed by atoms with van der Waals surface area (Å²) in [6, 6.07) is -0.159. The van der Waals surface area contributed by atoms with E-state index in [0.29, 0.717) is 19.1 Å². The molecule has 1 heterocycles. The standard InChI is InChI=1S/C11H22N2O2.ClH/c1-3-9(4-2)7-13-11(14)10-8-15-6-5-12-10;/h9-10,12H,3-8H2,1-2H3,(H,13,14);1H. The first-order chi connectivity index (χ1) is 7.27. The normalized spacial score (nSPS) is 20.3. The van der Waals surface area contributed by atoms with E-state index in [4.69, 9.17) is 4.74 Å². The molecule has 0 aromatic heterocycles. The lowest BCUT2D eigenvalue weighted by Gasteiger charge is -2.23. The summed E-state index contributed by atoms with van der Waals surface area (Å²) in [7, 11) is 0. The number of morpholine rings is 1. The lowest BCUT2D eigenvalue weighted by molar-refractivity contribution is -0.126. The van der Waals surface area contributed by atoms with Gasteiger partial charge in [0.25, 0.3) is 0 Å². The van der Waals surface area contributed by atoms with E-state index >= 15 is 0 Å².